The van der Waals surface area contributed by atoms with Crippen molar-refractivity contribution in [3.05, 3.63) is 66.0 Å². The molecule has 4 nitrogen and oxygen atoms in total. The van der Waals surface area contributed by atoms with Crippen LogP contribution in [0, 0.1) is 5.82 Å². The zero-order chi connectivity index (χ0) is 17.5. The van der Waals surface area contributed by atoms with Crippen LogP contribution in [0.3, 0.4) is 0 Å². The summed E-state index contributed by atoms with van der Waals surface area (Å²) in [5.41, 5.74) is 1.60. The molecule has 2 aromatic rings. The number of piperazine rings is 1. The Morgan fingerprint density at radius 1 is 0.960 bits per heavy atom. The van der Waals surface area contributed by atoms with Crippen molar-refractivity contribution in [2.45, 2.75) is 12.8 Å². The van der Waals surface area contributed by atoms with Gasteiger partial charge in [0.1, 0.15) is 5.82 Å². The van der Waals surface area contributed by atoms with E-state index in [2.05, 4.69) is 34.5 Å². The lowest BCUT2D eigenvalue weighted by molar-refractivity contribution is 0.146. The third-order valence-electron chi connectivity index (χ3n) is 4.56. The summed E-state index contributed by atoms with van der Waals surface area (Å²) in [7, 11) is 0. The summed E-state index contributed by atoms with van der Waals surface area (Å²) in [5, 5.41) is 2.65. The Bertz CT molecular complexity index is 684. The number of aryl methyl sites for hydroxylation is 1. The van der Waals surface area contributed by atoms with E-state index in [1.807, 2.05) is 6.07 Å². The van der Waals surface area contributed by atoms with E-state index in [1.165, 1.54) is 11.6 Å². The van der Waals surface area contributed by atoms with Gasteiger partial charge in [-0.2, -0.15) is 0 Å². The van der Waals surface area contributed by atoms with E-state index < -0.39 is 5.82 Å². The quantitative estimate of drug-likeness (QED) is 0.902. The van der Waals surface area contributed by atoms with Gasteiger partial charge in [0.25, 0.3) is 0 Å². The summed E-state index contributed by atoms with van der Waals surface area (Å²) in [6.07, 6.45) is 2.19. The van der Waals surface area contributed by atoms with Crippen molar-refractivity contribution in [1.82, 2.24) is 9.80 Å². The third-order valence-corrected chi connectivity index (χ3v) is 4.56. The van der Waals surface area contributed by atoms with Crippen LogP contribution < -0.4 is 5.32 Å². The second kappa shape index (κ2) is 8.62. The number of hydrogen-bond donors (Lipinski definition) is 1. The van der Waals surface area contributed by atoms with Crippen LogP contribution in [0.25, 0.3) is 0 Å². The zero-order valence-electron chi connectivity index (χ0n) is 14.3. The number of nitrogens with one attached hydrogen (secondary N) is 1. The lowest BCUT2D eigenvalue weighted by Gasteiger charge is -2.34. The summed E-state index contributed by atoms with van der Waals surface area (Å²) in [6, 6.07) is 16.5. The molecule has 1 aliphatic rings. The molecule has 0 aromatic heterocycles. The molecule has 0 radical (unpaired) electrons. The normalized spacial score (nSPS) is 15.2. The number of amides is 2. The Kier molecular flexibility index (Phi) is 6.01. The highest BCUT2D eigenvalue weighted by molar-refractivity contribution is 5.89. The number of benzene rings is 2. The molecule has 0 bridgehead atoms. The minimum atomic E-state index is -0.407. The maximum Gasteiger partial charge on any atom is 0.322 e. The van der Waals surface area contributed by atoms with Crippen LogP contribution >= 0.6 is 0 Å². The fourth-order valence-electron chi connectivity index (χ4n) is 3.08. The summed E-state index contributed by atoms with van der Waals surface area (Å²) < 4.78 is 13.6. The number of nitrogens with zero attached hydrogens (tertiary/aromatic N) is 2. The summed E-state index contributed by atoms with van der Waals surface area (Å²) >= 11 is 0. The number of halogens is 1. The number of anilines is 1. The molecule has 0 spiro atoms. The molecule has 3 rings (SSSR count). The van der Waals surface area contributed by atoms with Crippen LogP contribution in [0.2, 0.25) is 0 Å². The van der Waals surface area contributed by atoms with E-state index in [0.29, 0.717) is 13.1 Å². The van der Waals surface area contributed by atoms with Gasteiger partial charge in [-0.25, -0.2) is 9.18 Å². The van der Waals surface area contributed by atoms with Gasteiger partial charge in [-0.3, -0.25) is 4.90 Å². The van der Waals surface area contributed by atoms with Gasteiger partial charge in [0.05, 0.1) is 5.69 Å². The molecule has 0 saturated carbocycles. The molecule has 1 N–H and O–H groups in total. The lowest BCUT2D eigenvalue weighted by Crippen LogP contribution is -2.50. The standard InChI is InChI=1S/C20H24FN3O/c21-18-10-4-5-11-19(18)22-20(25)24-15-13-23(14-16-24)12-6-9-17-7-2-1-3-8-17/h1-5,7-8,10-11H,6,9,12-16H2,(H,22,25). The highest BCUT2D eigenvalue weighted by Crippen LogP contribution is 2.14. The highest BCUT2D eigenvalue weighted by Gasteiger charge is 2.21. The topological polar surface area (TPSA) is 35.6 Å². The van der Waals surface area contributed by atoms with Gasteiger partial charge in [-0.1, -0.05) is 42.5 Å². The number of carbonyl (C=O) groups excluding carboxylic acids is 1. The molecule has 25 heavy (non-hydrogen) atoms. The molecular formula is C20H24FN3O. The predicted molar refractivity (Wildman–Crippen MR) is 98.2 cm³/mol. The Balaban J connectivity index is 1.39. The first-order valence-electron chi connectivity index (χ1n) is 8.79. The Hall–Kier alpha value is -2.40. The van der Waals surface area contributed by atoms with Crippen molar-refractivity contribution >= 4 is 11.7 Å². The van der Waals surface area contributed by atoms with Crippen LogP contribution in [-0.2, 0) is 6.42 Å². The van der Waals surface area contributed by atoms with E-state index in [1.54, 1.807) is 23.1 Å². The molecule has 1 heterocycles. The molecule has 1 fully saturated rings. The fourth-order valence-corrected chi connectivity index (χ4v) is 3.08. The largest absolute Gasteiger partial charge is 0.322 e. The third kappa shape index (κ3) is 5.03. The monoisotopic (exact) mass is 341 g/mol. The molecule has 1 saturated heterocycles. The smallest absolute Gasteiger partial charge is 0.322 e. The summed E-state index contributed by atoms with van der Waals surface area (Å²) in [6.45, 7) is 4.11. The molecule has 132 valence electrons. The second-order valence-electron chi connectivity index (χ2n) is 6.33. The average molecular weight is 341 g/mol. The van der Waals surface area contributed by atoms with Crippen LogP contribution in [0.4, 0.5) is 14.9 Å². The SMILES string of the molecule is O=C(Nc1ccccc1F)N1CCN(CCCc2ccccc2)CC1. The van der Waals surface area contributed by atoms with Gasteiger partial charge in [0.15, 0.2) is 0 Å². The molecule has 1 aliphatic heterocycles. The van der Waals surface area contributed by atoms with Crippen molar-refractivity contribution in [2.24, 2.45) is 0 Å². The zero-order valence-corrected chi connectivity index (χ0v) is 14.3. The van der Waals surface area contributed by atoms with Gasteiger partial charge in [-0.05, 0) is 37.1 Å². The molecule has 0 atom stereocenters. The summed E-state index contributed by atoms with van der Waals surface area (Å²) in [5.74, 6) is -0.407. The minimum Gasteiger partial charge on any atom is -0.322 e. The fraction of sp³-hybridized carbons (Fsp3) is 0.350. The van der Waals surface area contributed by atoms with Crippen molar-refractivity contribution in [1.29, 1.82) is 0 Å². The van der Waals surface area contributed by atoms with Gasteiger partial charge in [0, 0.05) is 26.2 Å². The Morgan fingerprint density at radius 2 is 1.64 bits per heavy atom. The van der Waals surface area contributed by atoms with Crippen molar-refractivity contribution in [3.63, 3.8) is 0 Å². The first kappa shape index (κ1) is 17.4. The molecule has 2 amide bonds. The number of urea groups is 1. The molecule has 0 aliphatic carbocycles. The average Bonchev–Trinajstić information content (AvgIpc) is 2.65. The first-order valence-corrected chi connectivity index (χ1v) is 8.79. The van der Waals surface area contributed by atoms with Crippen molar-refractivity contribution < 1.29 is 9.18 Å². The van der Waals surface area contributed by atoms with E-state index >= 15 is 0 Å². The summed E-state index contributed by atoms with van der Waals surface area (Å²) in [4.78, 5) is 16.4. The minimum absolute atomic E-state index is 0.228. The van der Waals surface area contributed by atoms with Gasteiger partial charge in [0.2, 0.25) is 0 Å². The van der Waals surface area contributed by atoms with Gasteiger partial charge >= 0.3 is 6.03 Å². The molecule has 2 aromatic carbocycles. The molecule has 5 heteroatoms. The van der Waals surface area contributed by atoms with Crippen molar-refractivity contribution in [2.75, 3.05) is 38.0 Å². The van der Waals surface area contributed by atoms with Crippen LogP contribution in [0.5, 0.6) is 0 Å². The van der Waals surface area contributed by atoms with Crippen LogP contribution in [0.15, 0.2) is 54.6 Å². The Labute approximate surface area is 148 Å². The highest BCUT2D eigenvalue weighted by atomic mass is 19.1. The number of carbonyl (C=O) groups is 1. The maximum absolute atomic E-state index is 13.6. The number of hydrogen-bond acceptors (Lipinski definition) is 2. The van der Waals surface area contributed by atoms with E-state index in [9.17, 15) is 9.18 Å². The van der Waals surface area contributed by atoms with Gasteiger partial charge in [-0.15, -0.1) is 0 Å². The van der Waals surface area contributed by atoms with Crippen LogP contribution in [-0.4, -0.2) is 48.6 Å². The Morgan fingerprint density at radius 3 is 2.36 bits per heavy atom. The first-order chi connectivity index (χ1) is 12.2. The number of rotatable bonds is 5. The molecule has 0 unspecified atom stereocenters. The predicted octanol–water partition coefficient (Wildman–Crippen LogP) is 3.61. The lowest BCUT2D eigenvalue weighted by atomic mass is 10.1. The van der Waals surface area contributed by atoms with Crippen molar-refractivity contribution in [3.8, 4) is 0 Å². The second-order valence-corrected chi connectivity index (χ2v) is 6.33. The maximum atomic E-state index is 13.6. The molecular weight excluding hydrogens is 317 g/mol. The van der Waals surface area contributed by atoms with Crippen LogP contribution in [0.1, 0.15) is 12.0 Å². The van der Waals surface area contributed by atoms with Gasteiger partial charge < -0.3 is 10.2 Å². The van der Waals surface area contributed by atoms with E-state index in [4.69, 9.17) is 0 Å². The number of para-hydroxylation sites is 1. The van der Waals surface area contributed by atoms with E-state index in [0.717, 1.165) is 32.5 Å². The van der Waals surface area contributed by atoms with E-state index in [-0.39, 0.29) is 11.7 Å².